The van der Waals surface area contributed by atoms with Gasteiger partial charge < -0.3 is 5.32 Å². The monoisotopic (exact) mass is 311 g/mol. The number of halogens is 1. The molecule has 2 rings (SSSR count). The number of thiophene rings is 1. The fraction of sp³-hybridized carbons (Fsp3) is 0.429. The molecule has 0 spiro atoms. The van der Waals surface area contributed by atoms with E-state index in [1.54, 1.807) is 17.5 Å². The Morgan fingerprint density at radius 2 is 2.25 bits per heavy atom. The van der Waals surface area contributed by atoms with Gasteiger partial charge in [-0.05, 0) is 24.3 Å². The Balaban J connectivity index is 2.33. The zero-order valence-electron chi connectivity index (χ0n) is 11.8. The van der Waals surface area contributed by atoms with Gasteiger partial charge >= 0.3 is 0 Å². The summed E-state index contributed by atoms with van der Waals surface area (Å²) in [5.41, 5.74) is 0.335. The summed E-state index contributed by atoms with van der Waals surface area (Å²) in [7, 11) is 0. The van der Waals surface area contributed by atoms with Crippen LogP contribution < -0.4 is 10.9 Å². The molecule has 108 valence electrons. The molecule has 1 N–H and O–H groups in total. The minimum atomic E-state index is -0.257. The summed E-state index contributed by atoms with van der Waals surface area (Å²) in [4.78, 5) is 13.2. The first-order chi connectivity index (χ1) is 9.54. The first kappa shape index (κ1) is 15.1. The summed E-state index contributed by atoms with van der Waals surface area (Å²) in [6, 6.07) is 4.22. The van der Waals surface area contributed by atoms with Crippen LogP contribution in [0.1, 0.15) is 31.7 Å². The molecule has 0 aliphatic carbocycles. The van der Waals surface area contributed by atoms with Gasteiger partial charge in [0.2, 0.25) is 0 Å². The molecule has 0 aliphatic heterocycles. The normalized spacial score (nSPS) is 12.7. The van der Waals surface area contributed by atoms with Crippen molar-refractivity contribution in [2.24, 2.45) is 5.92 Å². The lowest BCUT2D eigenvalue weighted by Gasteiger charge is -2.22. The van der Waals surface area contributed by atoms with Gasteiger partial charge in [0, 0.05) is 11.4 Å². The van der Waals surface area contributed by atoms with E-state index in [2.05, 4.69) is 30.3 Å². The van der Waals surface area contributed by atoms with Crippen molar-refractivity contribution < 1.29 is 0 Å². The number of anilines is 1. The fourth-order valence-corrected chi connectivity index (χ4v) is 3.14. The summed E-state index contributed by atoms with van der Waals surface area (Å²) >= 11 is 7.84. The number of aryl methyl sites for hydroxylation is 1. The van der Waals surface area contributed by atoms with Crippen molar-refractivity contribution in [1.29, 1.82) is 0 Å². The van der Waals surface area contributed by atoms with Crippen LogP contribution in [0.15, 0.2) is 28.5 Å². The van der Waals surface area contributed by atoms with Crippen molar-refractivity contribution in [2.75, 3.05) is 5.32 Å². The smallest absolute Gasteiger partial charge is 0.287 e. The van der Waals surface area contributed by atoms with Crippen molar-refractivity contribution in [3.63, 3.8) is 0 Å². The Labute approximate surface area is 127 Å². The van der Waals surface area contributed by atoms with Crippen LogP contribution >= 0.6 is 22.9 Å². The molecule has 2 heterocycles. The van der Waals surface area contributed by atoms with Gasteiger partial charge in [0.1, 0.15) is 5.02 Å². The highest BCUT2D eigenvalue weighted by molar-refractivity contribution is 7.10. The molecule has 1 unspecified atom stereocenters. The van der Waals surface area contributed by atoms with Gasteiger partial charge in [0.25, 0.3) is 5.56 Å². The maximum absolute atomic E-state index is 12.0. The zero-order valence-corrected chi connectivity index (χ0v) is 13.3. The quantitative estimate of drug-likeness (QED) is 0.914. The number of nitrogens with zero attached hydrogens (tertiary/aromatic N) is 2. The van der Waals surface area contributed by atoms with Gasteiger partial charge in [-0.2, -0.15) is 5.10 Å². The molecular weight excluding hydrogens is 294 g/mol. The van der Waals surface area contributed by atoms with Gasteiger partial charge in [-0.3, -0.25) is 4.79 Å². The molecule has 0 saturated heterocycles. The Morgan fingerprint density at radius 1 is 1.50 bits per heavy atom. The van der Waals surface area contributed by atoms with E-state index in [4.69, 9.17) is 11.6 Å². The highest BCUT2D eigenvalue weighted by Gasteiger charge is 2.19. The largest absolute Gasteiger partial charge is 0.374 e. The van der Waals surface area contributed by atoms with Crippen molar-refractivity contribution >= 4 is 28.6 Å². The van der Waals surface area contributed by atoms with Gasteiger partial charge in [-0.25, -0.2) is 4.68 Å². The fourth-order valence-electron chi connectivity index (χ4n) is 1.99. The van der Waals surface area contributed by atoms with Crippen LogP contribution in [0.2, 0.25) is 5.02 Å². The number of nitrogens with one attached hydrogen (secondary N) is 1. The van der Waals surface area contributed by atoms with Crippen LogP contribution in [0.25, 0.3) is 0 Å². The van der Waals surface area contributed by atoms with Crippen LogP contribution in [-0.4, -0.2) is 9.78 Å². The maximum Gasteiger partial charge on any atom is 0.287 e. The third-order valence-corrected chi connectivity index (χ3v) is 4.43. The lowest BCUT2D eigenvalue weighted by molar-refractivity contribution is 0.551. The Kier molecular flexibility index (Phi) is 4.83. The molecule has 4 nitrogen and oxygen atoms in total. The van der Waals surface area contributed by atoms with Crippen LogP contribution in [0.3, 0.4) is 0 Å². The van der Waals surface area contributed by atoms with Crippen LogP contribution in [0.4, 0.5) is 5.69 Å². The predicted molar refractivity (Wildman–Crippen MR) is 84.7 cm³/mol. The minimum Gasteiger partial charge on any atom is -0.374 e. The van der Waals surface area contributed by atoms with E-state index in [1.165, 1.54) is 9.56 Å². The van der Waals surface area contributed by atoms with E-state index in [-0.39, 0.29) is 16.6 Å². The molecule has 0 radical (unpaired) electrons. The van der Waals surface area contributed by atoms with Crippen molar-refractivity contribution in [3.8, 4) is 0 Å². The highest BCUT2D eigenvalue weighted by Crippen LogP contribution is 2.31. The van der Waals surface area contributed by atoms with Gasteiger partial charge in [0.05, 0.1) is 17.9 Å². The summed E-state index contributed by atoms with van der Waals surface area (Å²) in [5, 5.41) is 9.70. The molecule has 2 aromatic heterocycles. The van der Waals surface area contributed by atoms with Crippen LogP contribution in [-0.2, 0) is 6.54 Å². The molecule has 0 amide bonds. The van der Waals surface area contributed by atoms with Crippen molar-refractivity contribution in [3.05, 3.63) is 44.0 Å². The van der Waals surface area contributed by atoms with Gasteiger partial charge in [-0.1, -0.05) is 31.5 Å². The van der Waals surface area contributed by atoms with E-state index >= 15 is 0 Å². The van der Waals surface area contributed by atoms with Crippen molar-refractivity contribution in [2.45, 2.75) is 33.4 Å². The van der Waals surface area contributed by atoms with Gasteiger partial charge in [-0.15, -0.1) is 11.3 Å². The van der Waals surface area contributed by atoms with E-state index in [1.807, 2.05) is 18.4 Å². The second kappa shape index (κ2) is 6.41. The molecule has 1 atom stereocenters. The summed E-state index contributed by atoms with van der Waals surface area (Å²) in [6.45, 7) is 6.63. The molecule has 2 aromatic rings. The highest BCUT2D eigenvalue weighted by atomic mass is 35.5. The second-order valence-corrected chi connectivity index (χ2v) is 6.23. The topological polar surface area (TPSA) is 46.9 Å². The number of hydrogen-bond acceptors (Lipinski definition) is 4. The third kappa shape index (κ3) is 3.04. The SMILES string of the molecule is CCn1ncc(NC(c2cccs2)C(C)C)c(Cl)c1=O. The number of aromatic nitrogens is 2. The Bertz CT molecular complexity index is 622. The molecule has 0 aromatic carbocycles. The standard InChI is InChI=1S/C14H18ClN3OS/c1-4-18-14(19)12(15)10(8-16-18)17-13(9(2)3)11-6-5-7-20-11/h5-9,13,17H,4H2,1-3H3. The van der Waals surface area contributed by atoms with E-state index in [0.29, 0.717) is 18.2 Å². The summed E-state index contributed by atoms with van der Waals surface area (Å²) < 4.78 is 1.35. The average Bonchev–Trinajstić information content (AvgIpc) is 2.94. The molecule has 0 saturated carbocycles. The van der Waals surface area contributed by atoms with Crippen LogP contribution in [0.5, 0.6) is 0 Å². The molecule has 0 bridgehead atoms. The zero-order chi connectivity index (χ0) is 14.7. The first-order valence-corrected chi connectivity index (χ1v) is 7.86. The molecule has 20 heavy (non-hydrogen) atoms. The summed E-state index contributed by atoms with van der Waals surface area (Å²) in [5.74, 6) is 0.373. The van der Waals surface area contributed by atoms with Crippen LogP contribution in [0, 0.1) is 5.92 Å². The van der Waals surface area contributed by atoms with E-state index < -0.39 is 0 Å². The average molecular weight is 312 g/mol. The second-order valence-electron chi connectivity index (χ2n) is 4.87. The third-order valence-electron chi connectivity index (χ3n) is 3.11. The van der Waals surface area contributed by atoms with E-state index in [9.17, 15) is 4.79 Å². The lowest BCUT2D eigenvalue weighted by atomic mass is 10.0. The van der Waals surface area contributed by atoms with Crippen molar-refractivity contribution in [1.82, 2.24) is 9.78 Å². The first-order valence-electron chi connectivity index (χ1n) is 6.60. The Hall–Kier alpha value is -1.33. The van der Waals surface area contributed by atoms with E-state index in [0.717, 1.165) is 0 Å². The number of rotatable bonds is 5. The number of hydrogen-bond donors (Lipinski definition) is 1. The Morgan fingerprint density at radius 3 is 2.80 bits per heavy atom. The predicted octanol–water partition coefficient (Wildman–Crippen LogP) is 3.79. The molecule has 6 heteroatoms. The minimum absolute atomic E-state index is 0.117. The summed E-state index contributed by atoms with van der Waals surface area (Å²) in [6.07, 6.45) is 1.62. The van der Waals surface area contributed by atoms with Gasteiger partial charge in [0.15, 0.2) is 0 Å². The maximum atomic E-state index is 12.0. The lowest BCUT2D eigenvalue weighted by Crippen LogP contribution is -2.25. The molecule has 0 aliphatic rings. The molecular formula is C14H18ClN3OS. The molecule has 0 fully saturated rings.